The van der Waals surface area contributed by atoms with Crippen LogP contribution in [0.2, 0.25) is 0 Å². The number of nitrogens with zero attached hydrogens (tertiary/aromatic N) is 1. The molecule has 1 saturated heterocycles. The minimum absolute atomic E-state index is 0.0848. The monoisotopic (exact) mass is 787 g/mol. The molecule has 1 aliphatic heterocycles. The summed E-state index contributed by atoms with van der Waals surface area (Å²) in [7, 11) is 1.56. The molecular weight excluding hydrogens is 751 g/mol. The first-order valence-corrected chi connectivity index (χ1v) is 18.1. The highest BCUT2D eigenvalue weighted by Crippen LogP contribution is 2.30. The number of benzene rings is 5. The fraction of sp³-hybridized carbons (Fsp3) is 0.163. The first kappa shape index (κ1) is 39.8. The van der Waals surface area contributed by atoms with Crippen LogP contribution in [0.25, 0.3) is 0 Å². The second-order valence-electron chi connectivity index (χ2n) is 12.4. The van der Waals surface area contributed by atoms with Crippen LogP contribution in [0.3, 0.4) is 0 Å². The van der Waals surface area contributed by atoms with E-state index in [1.165, 1.54) is 42.6 Å². The van der Waals surface area contributed by atoms with Crippen molar-refractivity contribution in [2.75, 3.05) is 13.7 Å². The highest BCUT2D eigenvalue weighted by Gasteiger charge is 2.53. The molecule has 290 valence electrons. The number of hydrazone groups is 1. The van der Waals surface area contributed by atoms with Gasteiger partial charge in [-0.15, -0.1) is 0 Å². The number of ether oxygens (including phenoxy) is 6. The van der Waals surface area contributed by atoms with E-state index in [1.807, 2.05) is 0 Å². The summed E-state index contributed by atoms with van der Waals surface area (Å²) in [4.78, 5) is 54.4. The van der Waals surface area contributed by atoms with E-state index in [1.54, 1.807) is 116 Å². The van der Waals surface area contributed by atoms with Gasteiger partial charge in [0.15, 0.2) is 29.7 Å². The first-order chi connectivity index (χ1) is 27.8. The van der Waals surface area contributed by atoms with Crippen LogP contribution in [0.4, 0.5) is 0 Å². The van der Waals surface area contributed by atoms with E-state index in [0.717, 1.165) is 5.56 Å². The molecule has 0 saturated carbocycles. The maximum absolute atomic E-state index is 13.8. The van der Waals surface area contributed by atoms with E-state index in [-0.39, 0.29) is 27.4 Å². The molecular formula is C43H37N3O10S. The Kier molecular flexibility index (Phi) is 13.7. The average molecular weight is 788 g/mol. The van der Waals surface area contributed by atoms with Crippen molar-refractivity contribution in [1.82, 2.24) is 10.7 Å². The molecule has 0 aromatic heterocycles. The number of thiocarbonyl (C=S) groups is 1. The van der Waals surface area contributed by atoms with Crippen LogP contribution in [0, 0.1) is 0 Å². The number of methoxy groups -OCH3 is 1. The van der Waals surface area contributed by atoms with Crippen molar-refractivity contribution in [1.29, 1.82) is 0 Å². The van der Waals surface area contributed by atoms with Crippen LogP contribution in [-0.4, -0.2) is 79.6 Å². The number of rotatable bonds is 13. The molecule has 14 heteroatoms. The quantitative estimate of drug-likeness (QED) is 0.0489. The van der Waals surface area contributed by atoms with Gasteiger partial charge >= 0.3 is 23.9 Å². The highest BCUT2D eigenvalue weighted by atomic mass is 32.1. The summed E-state index contributed by atoms with van der Waals surface area (Å²) < 4.78 is 35.5. The van der Waals surface area contributed by atoms with Gasteiger partial charge in [-0.3, -0.25) is 5.43 Å². The lowest BCUT2D eigenvalue weighted by Gasteiger charge is -2.44. The van der Waals surface area contributed by atoms with Crippen LogP contribution in [0.15, 0.2) is 151 Å². The molecule has 0 aliphatic carbocycles. The van der Waals surface area contributed by atoms with Gasteiger partial charge in [0.2, 0.25) is 0 Å². The van der Waals surface area contributed by atoms with Crippen molar-refractivity contribution >= 4 is 47.4 Å². The van der Waals surface area contributed by atoms with E-state index in [9.17, 15) is 19.2 Å². The summed E-state index contributed by atoms with van der Waals surface area (Å²) >= 11 is 5.57. The maximum Gasteiger partial charge on any atom is 0.338 e. The van der Waals surface area contributed by atoms with Crippen LogP contribution < -0.4 is 15.5 Å². The number of esters is 4. The Morgan fingerprint density at radius 2 is 1.05 bits per heavy atom. The van der Waals surface area contributed by atoms with E-state index in [0.29, 0.717) is 5.75 Å². The predicted octanol–water partition coefficient (Wildman–Crippen LogP) is 5.75. The predicted molar refractivity (Wildman–Crippen MR) is 212 cm³/mol. The zero-order chi connectivity index (χ0) is 40.0. The topological polar surface area (TPSA) is 160 Å². The third-order valence-corrected chi connectivity index (χ3v) is 8.76. The normalized spacial score (nSPS) is 18.7. The van der Waals surface area contributed by atoms with E-state index >= 15 is 0 Å². The van der Waals surface area contributed by atoms with E-state index < -0.39 is 61.1 Å². The highest BCUT2D eigenvalue weighted by molar-refractivity contribution is 7.80. The molecule has 13 nitrogen and oxygen atoms in total. The third-order valence-electron chi connectivity index (χ3n) is 8.55. The van der Waals surface area contributed by atoms with Gasteiger partial charge < -0.3 is 33.7 Å². The number of carbonyl (C=O) groups is 4. The van der Waals surface area contributed by atoms with Crippen molar-refractivity contribution < 1.29 is 47.6 Å². The zero-order valence-electron chi connectivity index (χ0n) is 30.5. The minimum atomic E-state index is -1.56. The molecule has 0 spiro atoms. The molecule has 5 aromatic carbocycles. The fourth-order valence-electron chi connectivity index (χ4n) is 5.70. The number of hydrogen-bond donors (Lipinski definition) is 2. The largest absolute Gasteiger partial charge is 0.497 e. The molecule has 1 heterocycles. The summed E-state index contributed by atoms with van der Waals surface area (Å²) in [5, 5.41) is 7.05. The summed E-state index contributed by atoms with van der Waals surface area (Å²) in [5.41, 5.74) is 4.19. The van der Waals surface area contributed by atoms with E-state index in [2.05, 4.69) is 15.8 Å². The second-order valence-corrected chi connectivity index (χ2v) is 12.8. The molecule has 0 bridgehead atoms. The molecule has 1 aliphatic rings. The lowest BCUT2D eigenvalue weighted by atomic mass is 9.96. The van der Waals surface area contributed by atoms with Gasteiger partial charge in [-0.2, -0.15) is 5.10 Å². The van der Waals surface area contributed by atoms with Gasteiger partial charge in [0.05, 0.1) is 35.6 Å². The SMILES string of the molecule is COc1ccc(/C=N/NC(=S)N[C@@H]2O[C@H](COC(=O)c3ccccc3)[C@@H](OC(=O)c3ccccc3)[C@H](OC(=O)c3ccccc3)[C@H]2OC(=O)c2ccccc2)cc1. The number of carbonyl (C=O) groups excluding carboxylic acids is 4. The Labute approximate surface area is 333 Å². The summed E-state index contributed by atoms with van der Waals surface area (Å²) in [5.74, 6) is -2.48. The Morgan fingerprint density at radius 1 is 0.614 bits per heavy atom. The molecule has 0 unspecified atom stereocenters. The van der Waals surface area contributed by atoms with Crippen molar-refractivity contribution in [2.24, 2.45) is 5.10 Å². The molecule has 5 aromatic rings. The summed E-state index contributed by atoms with van der Waals surface area (Å²) in [6, 6.07) is 39.6. The van der Waals surface area contributed by atoms with Gasteiger partial charge in [-0.1, -0.05) is 72.8 Å². The Balaban J connectivity index is 1.36. The molecule has 6 rings (SSSR count). The second kappa shape index (κ2) is 19.6. The molecule has 2 N–H and O–H groups in total. The fourth-order valence-corrected chi connectivity index (χ4v) is 5.87. The molecule has 0 radical (unpaired) electrons. The van der Waals surface area contributed by atoms with Gasteiger partial charge in [-0.25, -0.2) is 19.2 Å². The number of hydrogen-bond acceptors (Lipinski definition) is 12. The van der Waals surface area contributed by atoms with Crippen molar-refractivity contribution in [3.8, 4) is 5.75 Å². The van der Waals surface area contributed by atoms with Gasteiger partial charge in [0, 0.05) is 0 Å². The summed E-state index contributed by atoms with van der Waals surface area (Å²) in [6.07, 6.45) is -5.78. The lowest BCUT2D eigenvalue weighted by Crippen LogP contribution is -2.66. The van der Waals surface area contributed by atoms with Crippen LogP contribution >= 0.6 is 12.2 Å². The van der Waals surface area contributed by atoms with Crippen LogP contribution in [0.5, 0.6) is 5.75 Å². The standard InChI is InChI=1S/C43H37N3O10S/c1-51-33-24-22-28(23-25-33)26-44-46-43(57)45-38-37(56-42(50)32-20-12-5-13-21-32)36(55-41(49)31-18-10-4-11-19-31)35(54-40(48)30-16-8-3-9-17-30)34(53-38)27-52-39(47)29-14-6-2-7-15-29/h2-26,34-38H,27H2,1H3,(H2,45,46,57)/b44-26+/t34-,35-,36+,37-,38-/m1/s1. The van der Waals surface area contributed by atoms with Crippen LogP contribution in [0.1, 0.15) is 47.0 Å². The maximum atomic E-state index is 13.8. The van der Waals surface area contributed by atoms with Gasteiger partial charge in [0.1, 0.15) is 18.5 Å². The minimum Gasteiger partial charge on any atom is -0.497 e. The average Bonchev–Trinajstić information content (AvgIpc) is 3.26. The molecule has 0 amide bonds. The van der Waals surface area contributed by atoms with Crippen LogP contribution in [-0.2, 0) is 23.7 Å². The Bertz CT molecular complexity index is 2160. The third kappa shape index (κ3) is 10.9. The van der Waals surface area contributed by atoms with Crippen molar-refractivity contribution in [2.45, 2.75) is 30.6 Å². The van der Waals surface area contributed by atoms with Gasteiger partial charge in [-0.05, 0) is 90.6 Å². The molecule has 1 fully saturated rings. The Morgan fingerprint density at radius 3 is 1.53 bits per heavy atom. The van der Waals surface area contributed by atoms with E-state index in [4.69, 9.17) is 40.6 Å². The Hall–Kier alpha value is -6.90. The lowest BCUT2D eigenvalue weighted by molar-refractivity contribution is -0.232. The summed E-state index contributed by atoms with van der Waals surface area (Å²) in [6.45, 7) is -0.493. The molecule has 57 heavy (non-hydrogen) atoms. The smallest absolute Gasteiger partial charge is 0.338 e. The number of nitrogens with one attached hydrogen (secondary N) is 2. The van der Waals surface area contributed by atoms with Gasteiger partial charge in [0.25, 0.3) is 0 Å². The molecule has 5 atom stereocenters. The zero-order valence-corrected chi connectivity index (χ0v) is 31.3. The first-order valence-electron chi connectivity index (χ1n) is 17.7. The van der Waals surface area contributed by atoms with Crippen molar-refractivity contribution in [3.63, 3.8) is 0 Å². The van der Waals surface area contributed by atoms with Crippen molar-refractivity contribution in [3.05, 3.63) is 173 Å².